The summed E-state index contributed by atoms with van der Waals surface area (Å²) in [6.07, 6.45) is 11.8. The molecule has 0 amide bonds. The Kier molecular flexibility index (Phi) is 2.71. The standard InChI is InChI=1S/C14H14N4O/c1-2-9-7-18(10-3-5-11(19)6-4-10)14-12(9)13(15)16-8-17-14/h1,7-8,10H,3-6H2,(H2,15,16,17). The van der Waals surface area contributed by atoms with Gasteiger partial charge >= 0.3 is 0 Å². The number of rotatable bonds is 1. The number of carbonyl (C=O) groups excluding carboxylic acids is 1. The van der Waals surface area contributed by atoms with Crippen LogP contribution in [-0.2, 0) is 4.79 Å². The van der Waals surface area contributed by atoms with Crippen LogP contribution >= 0.6 is 0 Å². The third-order valence-electron chi connectivity index (χ3n) is 3.70. The van der Waals surface area contributed by atoms with Gasteiger partial charge in [0.2, 0.25) is 0 Å². The quantitative estimate of drug-likeness (QED) is 0.786. The van der Waals surface area contributed by atoms with Crippen molar-refractivity contribution in [2.45, 2.75) is 31.7 Å². The molecule has 2 aromatic heterocycles. The van der Waals surface area contributed by atoms with Crippen molar-refractivity contribution in [2.24, 2.45) is 0 Å². The smallest absolute Gasteiger partial charge is 0.147 e. The van der Waals surface area contributed by atoms with Crippen molar-refractivity contribution >= 4 is 22.6 Å². The average Bonchev–Trinajstić information content (AvgIpc) is 2.80. The van der Waals surface area contributed by atoms with Crippen LogP contribution < -0.4 is 5.73 Å². The van der Waals surface area contributed by atoms with E-state index in [9.17, 15) is 4.79 Å². The Morgan fingerprint density at radius 3 is 2.79 bits per heavy atom. The molecular weight excluding hydrogens is 240 g/mol. The maximum Gasteiger partial charge on any atom is 0.147 e. The Labute approximate surface area is 110 Å². The summed E-state index contributed by atoms with van der Waals surface area (Å²) in [5.41, 5.74) is 7.36. The van der Waals surface area contributed by atoms with Gasteiger partial charge in [0.25, 0.3) is 0 Å². The lowest BCUT2D eigenvalue weighted by Crippen LogP contribution is -2.17. The van der Waals surface area contributed by atoms with Crippen molar-refractivity contribution in [3.05, 3.63) is 18.1 Å². The fraction of sp³-hybridized carbons (Fsp3) is 0.357. The van der Waals surface area contributed by atoms with Gasteiger partial charge in [0.05, 0.1) is 10.9 Å². The largest absolute Gasteiger partial charge is 0.383 e. The summed E-state index contributed by atoms with van der Waals surface area (Å²) in [6, 6.07) is 0.261. The topological polar surface area (TPSA) is 73.8 Å². The first-order chi connectivity index (χ1) is 9.20. The van der Waals surface area contributed by atoms with Gasteiger partial charge in [-0.3, -0.25) is 4.79 Å². The Morgan fingerprint density at radius 1 is 1.37 bits per heavy atom. The Balaban J connectivity index is 2.12. The fourth-order valence-electron chi connectivity index (χ4n) is 2.70. The first-order valence-electron chi connectivity index (χ1n) is 6.30. The second-order valence-electron chi connectivity index (χ2n) is 4.82. The molecule has 5 heteroatoms. The molecule has 19 heavy (non-hydrogen) atoms. The summed E-state index contributed by atoms with van der Waals surface area (Å²) < 4.78 is 2.05. The third-order valence-corrected chi connectivity index (χ3v) is 3.70. The summed E-state index contributed by atoms with van der Waals surface area (Å²) >= 11 is 0. The molecule has 1 aliphatic carbocycles. The highest BCUT2D eigenvalue weighted by atomic mass is 16.1. The van der Waals surface area contributed by atoms with Crippen molar-refractivity contribution in [1.29, 1.82) is 0 Å². The van der Waals surface area contributed by atoms with E-state index in [-0.39, 0.29) is 6.04 Å². The van der Waals surface area contributed by atoms with E-state index in [0.717, 1.165) is 23.9 Å². The van der Waals surface area contributed by atoms with Crippen LogP contribution in [-0.4, -0.2) is 20.3 Å². The normalized spacial score (nSPS) is 16.7. The van der Waals surface area contributed by atoms with E-state index in [2.05, 4.69) is 20.5 Å². The molecule has 0 aromatic carbocycles. The van der Waals surface area contributed by atoms with E-state index in [4.69, 9.17) is 12.2 Å². The molecule has 0 saturated heterocycles. The Hall–Kier alpha value is -2.35. The van der Waals surface area contributed by atoms with Crippen LogP contribution in [0, 0.1) is 12.3 Å². The fourth-order valence-corrected chi connectivity index (χ4v) is 2.70. The monoisotopic (exact) mass is 254 g/mol. The number of aromatic nitrogens is 3. The lowest BCUT2D eigenvalue weighted by atomic mass is 9.94. The first-order valence-corrected chi connectivity index (χ1v) is 6.30. The SMILES string of the molecule is C#Cc1cn(C2CCC(=O)CC2)c2ncnc(N)c12. The lowest BCUT2D eigenvalue weighted by Gasteiger charge is -2.23. The highest BCUT2D eigenvalue weighted by Gasteiger charge is 2.23. The molecule has 0 spiro atoms. The van der Waals surface area contributed by atoms with E-state index < -0.39 is 0 Å². The molecule has 0 atom stereocenters. The number of terminal acetylenes is 1. The third kappa shape index (κ3) is 1.85. The molecule has 96 valence electrons. The number of Topliss-reactive ketones (excluding diaryl/α,β-unsaturated/α-hetero) is 1. The van der Waals surface area contributed by atoms with Gasteiger partial charge in [-0.1, -0.05) is 5.92 Å². The number of nitrogen functional groups attached to an aromatic ring is 1. The van der Waals surface area contributed by atoms with Gasteiger partial charge in [-0.2, -0.15) is 0 Å². The van der Waals surface area contributed by atoms with Crippen LogP contribution in [0.15, 0.2) is 12.5 Å². The van der Waals surface area contributed by atoms with Crippen molar-refractivity contribution in [3.8, 4) is 12.3 Å². The van der Waals surface area contributed by atoms with Crippen LogP contribution in [0.5, 0.6) is 0 Å². The molecule has 0 bridgehead atoms. The summed E-state index contributed by atoms with van der Waals surface area (Å²) in [5, 5.41) is 0.738. The van der Waals surface area contributed by atoms with Crippen LogP contribution in [0.3, 0.4) is 0 Å². The van der Waals surface area contributed by atoms with Crippen molar-refractivity contribution in [1.82, 2.24) is 14.5 Å². The number of anilines is 1. The van der Waals surface area contributed by atoms with E-state index in [1.165, 1.54) is 6.33 Å². The molecule has 1 aliphatic rings. The molecule has 0 radical (unpaired) electrons. The van der Waals surface area contributed by atoms with E-state index >= 15 is 0 Å². The van der Waals surface area contributed by atoms with Crippen molar-refractivity contribution < 1.29 is 4.79 Å². The molecule has 2 heterocycles. The second-order valence-corrected chi connectivity index (χ2v) is 4.82. The average molecular weight is 254 g/mol. The highest BCUT2D eigenvalue weighted by molar-refractivity contribution is 5.92. The number of nitrogens with two attached hydrogens (primary N) is 1. The maximum absolute atomic E-state index is 11.3. The summed E-state index contributed by atoms with van der Waals surface area (Å²) in [7, 11) is 0. The number of nitrogens with zero attached hydrogens (tertiary/aromatic N) is 3. The molecule has 0 aliphatic heterocycles. The van der Waals surface area contributed by atoms with E-state index in [0.29, 0.717) is 30.0 Å². The predicted molar refractivity (Wildman–Crippen MR) is 72.4 cm³/mol. The minimum absolute atomic E-state index is 0.261. The maximum atomic E-state index is 11.3. The van der Waals surface area contributed by atoms with E-state index in [1.54, 1.807) is 0 Å². The van der Waals surface area contributed by atoms with Crippen molar-refractivity contribution in [3.63, 3.8) is 0 Å². The zero-order chi connectivity index (χ0) is 13.4. The molecule has 2 aromatic rings. The van der Waals surface area contributed by atoms with Gasteiger partial charge in [0, 0.05) is 25.1 Å². The predicted octanol–water partition coefficient (Wildman–Crippen LogP) is 1.68. The zero-order valence-electron chi connectivity index (χ0n) is 10.5. The van der Waals surface area contributed by atoms with Crippen LogP contribution in [0.25, 0.3) is 11.0 Å². The number of fused-ring (bicyclic) bond motifs is 1. The molecule has 2 N–H and O–H groups in total. The molecule has 1 fully saturated rings. The minimum atomic E-state index is 0.261. The van der Waals surface area contributed by atoms with Crippen LogP contribution in [0.4, 0.5) is 5.82 Å². The first kappa shape index (κ1) is 11.7. The van der Waals surface area contributed by atoms with Gasteiger partial charge in [0.15, 0.2) is 0 Å². The Morgan fingerprint density at radius 2 is 2.11 bits per heavy atom. The van der Waals surface area contributed by atoms with Gasteiger partial charge in [-0.25, -0.2) is 9.97 Å². The van der Waals surface area contributed by atoms with E-state index in [1.807, 2.05) is 6.20 Å². The highest BCUT2D eigenvalue weighted by Crippen LogP contribution is 2.32. The minimum Gasteiger partial charge on any atom is -0.383 e. The summed E-state index contributed by atoms with van der Waals surface area (Å²) in [4.78, 5) is 19.6. The van der Waals surface area contributed by atoms with Crippen LogP contribution in [0.2, 0.25) is 0 Å². The van der Waals surface area contributed by atoms with Crippen molar-refractivity contribution in [2.75, 3.05) is 5.73 Å². The summed E-state index contributed by atoms with van der Waals surface area (Å²) in [6.45, 7) is 0. The molecular formula is C14H14N4O. The second kappa shape index (κ2) is 4.39. The molecule has 1 saturated carbocycles. The number of ketones is 1. The number of hydrogen-bond donors (Lipinski definition) is 1. The zero-order valence-corrected chi connectivity index (χ0v) is 10.5. The molecule has 0 unspecified atom stereocenters. The lowest BCUT2D eigenvalue weighted by molar-refractivity contribution is -0.120. The Bertz CT molecular complexity index is 685. The van der Waals surface area contributed by atoms with Gasteiger partial charge in [0.1, 0.15) is 23.6 Å². The molecule has 3 rings (SSSR count). The van der Waals surface area contributed by atoms with Gasteiger partial charge in [-0.15, -0.1) is 6.42 Å². The molecule has 5 nitrogen and oxygen atoms in total. The van der Waals surface area contributed by atoms with Gasteiger partial charge in [-0.05, 0) is 12.8 Å². The van der Waals surface area contributed by atoms with Crippen LogP contribution in [0.1, 0.15) is 37.3 Å². The number of carbonyl (C=O) groups is 1. The van der Waals surface area contributed by atoms with Gasteiger partial charge < -0.3 is 10.3 Å². The number of hydrogen-bond acceptors (Lipinski definition) is 4. The summed E-state index contributed by atoms with van der Waals surface area (Å²) in [5.74, 6) is 3.37.